The van der Waals surface area contributed by atoms with E-state index < -0.39 is 17.3 Å². The average Bonchev–Trinajstić information content (AvgIpc) is 2.54. The molecule has 130 valence electrons. The molecule has 0 fully saturated rings. The van der Waals surface area contributed by atoms with Crippen LogP contribution in [0.2, 0.25) is 0 Å². The van der Waals surface area contributed by atoms with E-state index in [0.29, 0.717) is 5.56 Å². The van der Waals surface area contributed by atoms with E-state index >= 15 is 0 Å². The van der Waals surface area contributed by atoms with Gasteiger partial charge in [-0.1, -0.05) is 18.2 Å². The fourth-order valence-electron chi connectivity index (χ4n) is 2.09. The first-order valence-electron chi connectivity index (χ1n) is 7.33. The van der Waals surface area contributed by atoms with Gasteiger partial charge in [-0.2, -0.15) is 0 Å². The van der Waals surface area contributed by atoms with E-state index in [2.05, 4.69) is 5.32 Å². The van der Waals surface area contributed by atoms with Crippen molar-refractivity contribution in [1.29, 1.82) is 0 Å². The molecule has 0 saturated carbocycles. The molecule has 0 atom stereocenters. The molecule has 0 aliphatic heterocycles. The lowest BCUT2D eigenvalue weighted by Gasteiger charge is -2.24. The van der Waals surface area contributed by atoms with Gasteiger partial charge in [0, 0.05) is 12.1 Å². The molecule has 0 heterocycles. The Morgan fingerprint density at radius 3 is 2.25 bits per heavy atom. The van der Waals surface area contributed by atoms with Crippen LogP contribution >= 0.6 is 12.4 Å². The molecule has 3 N–H and O–H groups in total. The van der Waals surface area contributed by atoms with Crippen molar-refractivity contribution in [3.8, 4) is 16.9 Å². The molecule has 0 saturated heterocycles. The van der Waals surface area contributed by atoms with E-state index in [1.54, 1.807) is 39.2 Å². The van der Waals surface area contributed by atoms with E-state index in [1.165, 1.54) is 12.1 Å². The van der Waals surface area contributed by atoms with Gasteiger partial charge in [0.25, 0.3) is 5.91 Å². The molecule has 0 aliphatic rings. The first kappa shape index (κ1) is 19.9. The summed E-state index contributed by atoms with van der Waals surface area (Å²) < 4.78 is 19.4. The summed E-state index contributed by atoms with van der Waals surface area (Å²) in [5, 5.41) is 2.72. The highest BCUT2D eigenvalue weighted by Gasteiger charge is 2.21. The van der Waals surface area contributed by atoms with Crippen molar-refractivity contribution in [2.45, 2.75) is 19.4 Å². The summed E-state index contributed by atoms with van der Waals surface area (Å²) in [5.74, 6) is -0.308. The predicted molar refractivity (Wildman–Crippen MR) is 96.2 cm³/mol. The second-order valence-electron chi connectivity index (χ2n) is 5.97. The van der Waals surface area contributed by atoms with Crippen LogP contribution in [0.15, 0.2) is 42.5 Å². The number of hydrogen-bond acceptors (Lipinski definition) is 3. The SMILES string of the molecule is COc1ccc(-c2ccc(C(=O)NC(C)(C)CN)c(F)c2)cc1.Cl. The Kier molecular flexibility index (Phi) is 6.75. The molecule has 0 spiro atoms. The van der Waals surface area contributed by atoms with Crippen molar-refractivity contribution in [3.63, 3.8) is 0 Å². The van der Waals surface area contributed by atoms with Gasteiger partial charge in [-0.3, -0.25) is 4.79 Å². The number of benzene rings is 2. The number of carbonyl (C=O) groups excluding carboxylic acids is 1. The van der Waals surface area contributed by atoms with Crippen LogP contribution in [0, 0.1) is 5.82 Å². The quantitative estimate of drug-likeness (QED) is 0.867. The standard InChI is InChI=1S/C18H21FN2O2.ClH/c1-18(2,11-20)21-17(22)15-9-6-13(10-16(15)19)12-4-7-14(23-3)8-5-12;/h4-10H,11,20H2,1-3H3,(H,21,22);1H. The molecule has 0 bridgehead atoms. The van der Waals surface area contributed by atoms with Crippen molar-refractivity contribution in [2.24, 2.45) is 5.73 Å². The van der Waals surface area contributed by atoms with Crippen LogP contribution < -0.4 is 15.8 Å². The molecule has 4 nitrogen and oxygen atoms in total. The molecular weight excluding hydrogens is 331 g/mol. The number of nitrogens with two attached hydrogens (primary N) is 1. The Morgan fingerprint density at radius 2 is 1.75 bits per heavy atom. The van der Waals surface area contributed by atoms with Crippen molar-refractivity contribution < 1.29 is 13.9 Å². The summed E-state index contributed by atoms with van der Waals surface area (Å²) in [7, 11) is 1.59. The van der Waals surface area contributed by atoms with Gasteiger partial charge >= 0.3 is 0 Å². The third-order valence-electron chi connectivity index (χ3n) is 3.60. The van der Waals surface area contributed by atoms with Gasteiger partial charge in [0.15, 0.2) is 0 Å². The highest BCUT2D eigenvalue weighted by Crippen LogP contribution is 2.24. The highest BCUT2D eigenvalue weighted by molar-refractivity contribution is 5.95. The molecule has 2 rings (SSSR count). The first-order valence-corrected chi connectivity index (χ1v) is 7.33. The normalized spacial score (nSPS) is 10.7. The van der Waals surface area contributed by atoms with Crippen molar-refractivity contribution in [1.82, 2.24) is 5.32 Å². The number of rotatable bonds is 5. The second-order valence-corrected chi connectivity index (χ2v) is 5.97. The molecule has 0 aromatic heterocycles. The lowest BCUT2D eigenvalue weighted by atomic mass is 10.0. The number of amides is 1. The zero-order valence-electron chi connectivity index (χ0n) is 13.9. The number of nitrogens with one attached hydrogen (secondary N) is 1. The minimum absolute atomic E-state index is 0. The fourth-order valence-corrected chi connectivity index (χ4v) is 2.09. The maximum absolute atomic E-state index is 14.3. The van der Waals surface area contributed by atoms with Gasteiger partial charge in [0.05, 0.1) is 12.7 Å². The van der Waals surface area contributed by atoms with Crippen LogP contribution in [0.25, 0.3) is 11.1 Å². The summed E-state index contributed by atoms with van der Waals surface area (Å²) in [6.07, 6.45) is 0. The van der Waals surface area contributed by atoms with E-state index in [1.807, 2.05) is 12.1 Å². The fraction of sp³-hybridized carbons (Fsp3) is 0.278. The summed E-state index contributed by atoms with van der Waals surface area (Å²) in [4.78, 5) is 12.1. The Morgan fingerprint density at radius 1 is 1.17 bits per heavy atom. The van der Waals surface area contributed by atoms with Crippen molar-refractivity contribution in [3.05, 3.63) is 53.8 Å². The zero-order valence-corrected chi connectivity index (χ0v) is 14.7. The van der Waals surface area contributed by atoms with Gasteiger partial charge in [0.1, 0.15) is 11.6 Å². The third-order valence-corrected chi connectivity index (χ3v) is 3.60. The minimum atomic E-state index is -0.585. The molecule has 2 aromatic carbocycles. The van der Waals surface area contributed by atoms with Crippen LogP contribution in [0.3, 0.4) is 0 Å². The van der Waals surface area contributed by atoms with Crippen LogP contribution in [-0.2, 0) is 0 Å². The summed E-state index contributed by atoms with van der Waals surface area (Å²) in [6, 6.07) is 11.8. The Balaban J connectivity index is 0.00000288. The summed E-state index contributed by atoms with van der Waals surface area (Å²) >= 11 is 0. The number of halogens is 2. The van der Waals surface area contributed by atoms with Gasteiger partial charge in [-0.05, 0) is 49.2 Å². The molecule has 2 aromatic rings. The highest BCUT2D eigenvalue weighted by atomic mass is 35.5. The molecule has 0 aliphatic carbocycles. The third kappa shape index (κ3) is 4.69. The van der Waals surface area contributed by atoms with Crippen LogP contribution in [0.5, 0.6) is 5.75 Å². The Bertz CT molecular complexity index is 703. The zero-order chi connectivity index (χ0) is 17.0. The number of hydrogen-bond donors (Lipinski definition) is 2. The van der Waals surface area contributed by atoms with Crippen LogP contribution in [0.4, 0.5) is 4.39 Å². The van der Waals surface area contributed by atoms with E-state index in [4.69, 9.17) is 10.5 Å². The second kappa shape index (κ2) is 8.13. The van der Waals surface area contributed by atoms with Gasteiger partial charge < -0.3 is 15.8 Å². The average molecular weight is 353 g/mol. The maximum atomic E-state index is 14.3. The van der Waals surface area contributed by atoms with Crippen LogP contribution in [0.1, 0.15) is 24.2 Å². The minimum Gasteiger partial charge on any atom is -0.497 e. The molecule has 6 heteroatoms. The van der Waals surface area contributed by atoms with Crippen molar-refractivity contribution in [2.75, 3.05) is 13.7 Å². The molecular formula is C18H22ClFN2O2. The van der Waals surface area contributed by atoms with E-state index in [-0.39, 0.29) is 24.5 Å². The number of ether oxygens (including phenoxy) is 1. The molecule has 0 unspecified atom stereocenters. The lowest BCUT2D eigenvalue weighted by Crippen LogP contribution is -2.49. The monoisotopic (exact) mass is 352 g/mol. The summed E-state index contributed by atoms with van der Waals surface area (Å²) in [5.41, 5.74) is 6.53. The topological polar surface area (TPSA) is 64.3 Å². The maximum Gasteiger partial charge on any atom is 0.254 e. The van der Waals surface area contributed by atoms with Gasteiger partial charge in [-0.25, -0.2) is 4.39 Å². The largest absolute Gasteiger partial charge is 0.497 e. The van der Waals surface area contributed by atoms with Crippen LogP contribution in [-0.4, -0.2) is 25.1 Å². The van der Waals surface area contributed by atoms with Gasteiger partial charge in [-0.15, -0.1) is 12.4 Å². The molecule has 1 amide bonds. The number of methoxy groups -OCH3 is 1. The van der Waals surface area contributed by atoms with Gasteiger partial charge in [0.2, 0.25) is 0 Å². The first-order chi connectivity index (χ1) is 10.9. The molecule has 0 radical (unpaired) electrons. The van der Waals surface area contributed by atoms with Crippen molar-refractivity contribution >= 4 is 18.3 Å². The molecule has 24 heavy (non-hydrogen) atoms. The number of carbonyl (C=O) groups is 1. The van der Waals surface area contributed by atoms with E-state index in [0.717, 1.165) is 11.3 Å². The Labute approximate surface area is 147 Å². The Hall–Kier alpha value is -2.11. The predicted octanol–water partition coefficient (Wildman–Crippen LogP) is 3.39. The smallest absolute Gasteiger partial charge is 0.254 e. The summed E-state index contributed by atoms with van der Waals surface area (Å²) in [6.45, 7) is 3.84. The lowest BCUT2D eigenvalue weighted by molar-refractivity contribution is 0.0911. The van der Waals surface area contributed by atoms with E-state index in [9.17, 15) is 9.18 Å².